The largest absolute Gasteiger partial charge is 0.497 e. The van der Waals surface area contributed by atoms with Crippen LogP contribution in [0, 0.1) is 0 Å². The molecule has 3 aromatic rings. The second-order valence-corrected chi connectivity index (χ2v) is 6.58. The maximum atomic E-state index is 12.8. The summed E-state index contributed by atoms with van der Waals surface area (Å²) in [5, 5.41) is 4.90. The third kappa shape index (κ3) is 4.31. The highest BCUT2D eigenvalue weighted by Gasteiger charge is 2.14. The first-order valence-corrected chi connectivity index (χ1v) is 9.70. The number of pyridine rings is 1. The maximum Gasteiger partial charge on any atom is 0.253 e. The number of amides is 1. The molecule has 0 unspecified atom stereocenters. The second-order valence-electron chi connectivity index (χ2n) is 6.58. The average Bonchev–Trinajstić information content (AvgIpc) is 2.76. The van der Waals surface area contributed by atoms with E-state index in [4.69, 9.17) is 4.74 Å². The van der Waals surface area contributed by atoms with E-state index in [-0.39, 0.29) is 5.91 Å². The van der Waals surface area contributed by atoms with Gasteiger partial charge in [-0.15, -0.1) is 0 Å². The van der Waals surface area contributed by atoms with Gasteiger partial charge in [-0.05, 0) is 42.7 Å². The Bertz CT molecular complexity index is 934. The lowest BCUT2D eigenvalue weighted by atomic mass is 10.0. The van der Waals surface area contributed by atoms with Crippen LogP contribution >= 0.6 is 0 Å². The molecule has 28 heavy (non-hydrogen) atoms. The summed E-state index contributed by atoms with van der Waals surface area (Å²) in [6.45, 7) is 7.67. The van der Waals surface area contributed by atoms with E-state index in [1.807, 2.05) is 48.5 Å². The van der Waals surface area contributed by atoms with Crippen molar-refractivity contribution in [3.8, 4) is 17.0 Å². The van der Waals surface area contributed by atoms with Crippen molar-refractivity contribution in [1.82, 2.24) is 15.2 Å². The number of hydrogen-bond donors (Lipinski definition) is 1. The van der Waals surface area contributed by atoms with Gasteiger partial charge in [0.15, 0.2) is 0 Å². The Morgan fingerprint density at radius 1 is 1.04 bits per heavy atom. The molecule has 1 amide bonds. The van der Waals surface area contributed by atoms with E-state index < -0.39 is 0 Å². The fourth-order valence-electron chi connectivity index (χ4n) is 3.32. The SMILES string of the molecule is CCN(CC)CCNC(=O)c1cnc(-c2ccc(OC)cc2)c2ccccc12. The lowest BCUT2D eigenvalue weighted by Crippen LogP contribution is -2.34. The van der Waals surface area contributed by atoms with Crippen LogP contribution in [-0.2, 0) is 0 Å². The third-order valence-electron chi connectivity index (χ3n) is 5.01. The third-order valence-corrected chi connectivity index (χ3v) is 5.01. The molecule has 0 aliphatic rings. The smallest absolute Gasteiger partial charge is 0.253 e. The number of likely N-dealkylation sites (N-methyl/N-ethyl adjacent to an activating group) is 1. The second kappa shape index (κ2) is 9.33. The van der Waals surface area contributed by atoms with Gasteiger partial charge in [-0.25, -0.2) is 0 Å². The van der Waals surface area contributed by atoms with Gasteiger partial charge < -0.3 is 15.0 Å². The van der Waals surface area contributed by atoms with Gasteiger partial charge in [0.1, 0.15) is 5.75 Å². The van der Waals surface area contributed by atoms with Gasteiger partial charge in [0.25, 0.3) is 5.91 Å². The number of rotatable bonds is 8. The molecular formula is C23H27N3O2. The molecule has 0 saturated carbocycles. The highest BCUT2D eigenvalue weighted by Crippen LogP contribution is 2.29. The van der Waals surface area contributed by atoms with Crippen LogP contribution in [0.5, 0.6) is 5.75 Å². The minimum atomic E-state index is -0.0860. The Kier molecular flexibility index (Phi) is 6.61. The van der Waals surface area contributed by atoms with Crippen LogP contribution in [0.3, 0.4) is 0 Å². The quantitative estimate of drug-likeness (QED) is 0.645. The fourth-order valence-corrected chi connectivity index (χ4v) is 3.32. The number of methoxy groups -OCH3 is 1. The molecular weight excluding hydrogens is 350 g/mol. The summed E-state index contributed by atoms with van der Waals surface area (Å²) in [5.41, 5.74) is 2.45. The van der Waals surface area contributed by atoms with E-state index in [1.165, 1.54) is 0 Å². The van der Waals surface area contributed by atoms with Crippen molar-refractivity contribution in [2.45, 2.75) is 13.8 Å². The Labute approximate surface area is 166 Å². The summed E-state index contributed by atoms with van der Waals surface area (Å²) >= 11 is 0. The van der Waals surface area contributed by atoms with Crippen molar-refractivity contribution in [3.05, 3.63) is 60.3 Å². The van der Waals surface area contributed by atoms with E-state index in [9.17, 15) is 4.79 Å². The van der Waals surface area contributed by atoms with E-state index in [1.54, 1.807) is 13.3 Å². The van der Waals surface area contributed by atoms with Crippen molar-refractivity contribution < 1.29 is 9.53 Å². The van der Waals surface area contributed by atoms with Gasteiger partial charge in [0.2, 0.25) is 0 Å². The standard InChI is InChI=1S/C23H27N3O2/c1-4-26(5-2)15-14-24-23(27)21-16-25-22(20-9-7-6-8-19(20)21)17-10-12-18(28-3)13-11-17/h6-13,16H,4-5,14-15H2,1-3H3,(H,24,27). The summed E-state index contributed by atoms with van der Waals surface area (Å²) in [6.07, 6.45) is 1.68. The summed E-state index contributed by atoms with van der Waals surface area (Å²) in [6, 6.07) is 15.7. The Hall–Kier alpha value is -2.92. The van der Waals surface area contributed by atoms with Crippen LogP contribution in [0.15, 0.2) is 54.7 Å². The van der Waals surface area contributed by atoms with Crippen molar-refractivity contribution >= 4 is 16.7 Å². The van der Waals surface area contributed by atoms with Crippen LogP contribution in [0.2, 0.25) is 0 Å². The molecule has 0 fully saturated rings. The number of benzene rings is 2. The molecule has 1 aromatic heterocycles. The predicted octanol–water partition coefficient (Wildman–Crippen LogP) is 3.98. The number of nitrogens with zero attached hydrogens (tertiary/aromatic N) is 2. The van der Waals surface area contributed by atoms with Crippen molar-refractivity contribution in [3.63, 3.8) is 0 Å². The number of carbonyl (C=O) groups excluding carboxylic acids is 1. The van der Waals surface area contributed by atoms with E-state index in [0.29, 0.717) is 12.1 Å². The van der Waals surface area contributed by atoms with Crippen molar-refractivity contribution in [1.29, 1.82) is 0 Å². The molecule has 5 nitrogen and oxygen atoms in total. The van der Waals surface area contributed by atoms with Gasteiger partial charge in [-0.3, -0.25) is 9.78 Å². The first-order valence-electron chi connectivity index (χ1n) is 9.70. The van der Waals surface area contributed by atoms with Gasteiger partial charge in [-0.1, -0.05) is 38.1 Å². The predicted molar refractivity (Wildman–Crippen MR) is 114 cm³/mol. The highest BCUT2D eigenvalue weighted by atomic mass is 16.5. The summed E-state index contributed by atoms with van der Waals surface area (Å²) in [7, 11) is 1.65. The topological polar surface area (TPSA) is 54.5 Å². The normalized spacial score (nSPS) is 11.0. The molecule has 0 bridgehead atoms. The van der Waals surface area contributed by atoms with E-state index >= 15 is 0 Å². The van der Waals surface area contributed by atoms with Crippen molar-refractivity contribution in [2.24, 2.45) is 0 Å². The monoisotopic (exact) mass is 377 g/mol. The molecule has 0 aliphatic heterocycles. The summed E-state index contributed by atoms with van der Waals surface area (Å²) in [4.78, 5) is 19.7. The summed E-state index contributed by atoms with van der Waals surface area (Å²) in [5.74, 6) is 0.717. The minimum absolute atomic E-state index is 0.0860. The molecule has 0 atom stereocenters. The lowest BCUT2D eigenvalue weighted by Gasteiger charge is -2.18. The lowest BCUT2D eigenvalue weighted by molar-refractivity contribution is 0.0950. The molecule has 1 N–H and O–H groups in total. The molecule has 0 saturated heterocycles. The molecule has 0 spiro atoms. The molecule has 146 valence electrons. The first-order chi connectivity index (χ1) is 13.7. The van der Waals surface area contributed by atoms with Crippen LogP contribution < -0.4 is 10.1 Å². The van der Waals surface area contributed by atoms with Crippen LogP contribution in [0.1, 0.15) is 24.2 Å². The Morgan fingerprint density at radius 3 is 2.36 bits per heavy atom. The molecule has 0 aliphatic carbocycles. The first kappa shape index (κ1) is 19.8. The van der Waals surface area contributed by atoms with Gasteiger partial charge in [-0.2, -0.15) is 0 Å². The Balaban J connectivity index is 1.88. The molecule has 1 heterocycles. The van der Waals surface area contributed by atoms with Crippen LogP contribution in [0.25, 0.3) is 22.0 Å². The average molecular weight is 377 g/mol. The summed E-state index contributed by atoms with van der Waals surface area (Å²) < 4.78 is 5.24. The zero-order chi connectivity index (χ0) is 19.9. The Morgan fingerprint density at radius 2 is 1.71 bits per heavy atom. The van der Waals surface area contributed by atoms with Gasteiger partial charge >= 0.3 is 0 Å². The number of carbonyl (C=O) groups is 1. The zero-order valence-corrected chi connectivity index (χ0v) is 16.7. The number of aromatic nitrogens is 1. The maximum absolute atomic E-state index is 12.8. The van der Waals surface area contributed by atoms with Crippen LogP contribution in [0.4, 0.5) is 0 Å². The molecule has 0 radical (unpaired) electrons. The number of nitrogens with one attached hydrogen (secondary N) is 1. The molecule has 5 heteroatoms. The molecule has 2 aromatic carbocycles. The minimum Gasteiger partial charge on any atom is -0.497 e. The zero-order valence-electron chi connectivity index (χ0n) is 16.7. The highest BCUT2D eigenvalue weighted by molar-refractivity contribution is 6.09. The van der Waals surface area contributed by atoms with Crippen LogP contribution in [-0.4, -0.2) is 49.1 Å². The van der Waals surface area contributed by atoms with E-state index in [2.05, 4.69) is 29.0 Å². The molecule has 3 rings (SSSR count). The van der Waals surface area contributed by atoms with Gasteiger partial charge in [0.05, 0.1) is 18.4 Å². The number of ether oxygens (including phenoxy) is 1. The number of fused-ring (bicyclic) bond motifs is 1. The van der Waals surface area contributed by atoms with Crippen molar-refractivity contribution in [2.75, 3.05) is 33.3 Å². The fraction of sp³-hybridized carbons (Fsp3) is 0.304. The van der Waals surface area contributed by atoms with E-state index in [0.717, 1.165) is 47.4 Å². The van der Waals surface area contributed by atoms with Gasteiger partial charge in [0, 0.05) is 30.2 Å². The number of hydrogen-bond acceptors (Lipinski definition) is 4.